The molecule has 16 nitrogen and oxygen atoms in total. The highest BCUT2D eigenvalue weighted by atomic mass is 31.2. The maximum Gasteiger partial charge on any atom is 0.583 e. The summed E-state index contributed by atoms with van der Waals surface area (Å²) < 4.78 is 27.4. The van der Waals surface area contributed by atoms with Crippen molar-refractivity contribution in [1.29, 1.82) is 0 Å². The first-order valence-electron chi connectivity index (χ1n) is 10.3. The average molecular weight is 551 g/mol. The van der Waals surface area contributed by atoms with Gasteiger partial charge in [-0.15, -0.1) is 0 Å². The number of aryl methyl sites for hydroxylation is 3. The van der Waals surface area contributed by atoms with Gasteiger partial charge in [0.2, 0.25) is 5.75 Å². The summed E-state index contributed by atoms with van der Waals surface area (Å²) in [7, 11) is -5.03. The molecule has 0 atom stereocenters. The third-order valence-electron chi connectivity index (χ3n) is 4.71. The van der Waals surface area contributed by atoms with Crippen molar-refractivity contribution in [3.05, 3.63) is 102 Å². The lowest BCUT2D eigenvalue weighted by molar-refractivity contribution is -0.387. The second-order valence-electron chi connectivity index (χ2n) is 7.56. The number of benzene rings is 3. The van der Waals surface area contributed by atoms with E-state index in [-0.39, 0.29) is 34.0 Å². The summed E-state index contributed by atoms with van der Waals surface area (Å²) in [5.41, 5.74) is -0.101. The van der Waals surface area contributed by atoms with Crippen molar-refractivity contribution in [3.8, 4) is 17.2 Å². The molecular weight excluding hydrogens is 533 g/mol. The molecule has 0 amide bonds. The fourth-order valence-corrected chi connectivity index (χ4v) is 3.51. The van der Waals surface area contributed by atoms with Gasteiger partial charge in [-0.25, -0.2) is 4.57 Å². The van der Waals surface area contributed by atoms with Gasteiger partial charge in [0.15, 0.2) is 11.5 Å². The van der Waals surface area contributed by atoms with Crippen LogP contribution in [0.4, 0.5) is 17.1 Å². The van der Waals surface area contributed by atoms with Gasteiger partial charge in [0, 0.05) is 29.3 Å². The summed E-state index contributed by atoms with van der Waals surface area (Å²) in [4.78, 5) is 46.0. The van der Waals surface area contributed by atoms with Crippen molar-refractivity contribution in [3.63, 3.8) is 0 Å². The first kappa shape index (κ1) is 27.9. The summed E-state index contributed by atoms with van der Waals surface area (Å²) in [6.45, 7) is 4.43. The van der Waals surface area contributed by atoms with Crippen LogP contribution in [0.15, 0.2) is 54.6 Å². The average Bonchev–Trinajstić information content (AvgIpc) is 2.84. The van der Waals surface area contributed by atoms with Gasteiger partial charge in [0.25, 0.3) is 11.4 Å². The van der Waals surface area contributed by atoms with E-state index in [9.17, 15) is 34.9 Å². The summed E-state index contributed by atoms with van der Waals surface area (Å²) >= 11 is 0. The molecule has 0 aliphatic heterocycles. The molecule has 0 aliphatic carbocycles. The molecule has 3 aromatic rings. The van der Waals surface area contributed by atoms with Crippen molar-refractivity contribution >= 4 is 24.9 Å². The second-order valence-corrected chi connectivity index (χ2v) is 8.90. The zero-order chi connectivity index (χ0) is 28.0. The van der Waals surface area contributed by atoms with E-state index in [1.54, 1.807) is 6.92 Å². The van der Waals surface area contributed by atoms with Crippen LogP contribution >= 0.6 is 7.82 Å². The first-order chi connectivity index (χ1) is 17.9. The molecule has 0 aromatic heterocycles. The van der Waals surface area contributed by atoms with Gasteiger partial charge in [-0.3, -0.25) is 30.3 Å². The molecule has 0 N–H and O–H groups in total. The molecule has 0 aliphatic rings. The highest BCUT2D eigenvalue weighted by Crippen LogP contribution is 2.51. The van der Waals surface area contributed by atoms with Crippen LogP contribution < -0.4 is 14.7 Å². The van der Waals surface area contributed by atoms with Gasteiger partial charge < -0.3 is 14.7 Å². The van der Waals surface area contributed by atoms with Crippen LogP contribution in [0.3, 0.4) is 0 Å². The smallest absolute Gasteiger partial charge is 0.327 e. The van der Waals surface area contributed by atoms with E-state index in [2.05, 4.69) is 0 Å². The lowest BCUT2D eigenvalue weighted by atomic mass is 10.2. The molecule has 3 aromatic carbocycles. The van der Waals surface area contributed by atoms with Gasteiger partial charge in [-0.05, 0) is 56.7 Å². The third kappa shape index (κ3) is 6.98. The number of nitrogens with zero attached hydrogens (tertiary/aromatic N) is 3. The van der Waals surface area contributed by atoms with Crippen molar-refractivity contribution in [2.24, 2.45) is 0 Å². The van der Waals surface area contributed by atoms with Crippen LogP contribution in [0, 0.1) is 51.1 Å². The van der Waals surface area contributed by atoms with Crippen LogP contribution in [0.2, 0.25) is 0 Å². The highest BCUT2D eigenvalue weighted by Gasteiger charge is 2.37. The highest BCUT2D eigenvalue weighted by molar-refractivity contribution is 7.48. The molecule has 200 valence electrons. The molecule has 38 heavy (non-hydrogen) atoms. The molecule has 0 heterocycles. The van der Waals surface area contributed by atoms with Crippen molar-refractivity contribution in [2.45, 2.75) is 20.8 Å². The monoisotopic (exact) mass is 551 g/mol. The lowest BCUT2D eigenvalue weighted by Crippen LogP contribution is -2.09. The number of phosphoric acid groups is 1. The minimum Gasteiger partial charge on any atom is -0.327 e. The maximum absolute atomic E-state index is 13.2. The van der Waals surface area contributed by atoms with Crippen LogP contribution in [-0.2, 0) is 18.6 Å². The minimum atomic E-state index is -5.03. The van der Waals surface area contributed by atoms with Crippen LogP contribution in [0.5, 0.6) is 17.2 Å². The summed E-state index contributed by atoms with van der Waals surface area (Å²) in [6.07, 6.45) is 0. The Morgan fingerprint density at radius 2 is 1.03 bits per heavy atom. The molecule has 0 bridgehead atoms. The molecule has 0 unspecified atom stereocenters. The van der Waals surface area contributed by atoms with Gasteiger partial charge >= 0.3 is 13.5 Å². The molecule has 3 rings (SSSR count). The van der Waals surface area contributed by atoms with E-state index in [1.807, 2.05) is 0 Å². The Morgan fingerprint density at radius 3 is 1.45 bits per heavy atom. The zero-order valence-electron chi connectivity index (χ0n) is 19.8. The number of nitro groups is 3. The Hall–Kier alpha value is -4.63. The van der Waals surface area contributed by atoms with Crippen molar-refractivity contribution < 1.29 is 48.0 Å². The van der Waals surface area contributed by atoms with Crippen molar-refractivity contribution in [2.75, 3.05) is 0 Å². The molecular formula is C21H18N3O13P. The van der Waals surface area contributed by atoms with E-state index >= 15 is 0 Å². The molecule has 0 saturated carbocycles. The topological polar surface area (TPSA) is 202 Å². The molecule has 0 fully saturated rings. The lowest BCUT2D eigenvalue weighted by Gasteiger charge is -2.15. The number of hydrogen-bond acceptors (Lipinski definition) is 13. The third-order valence-corrected chi connectivity index (χ3v) is 5.48. The van der Waals surface area contributed by atoms with Crippen LogP contribution in [-0.4, -0.2) is 14.8 Å². The Labute approximate surface area is 213 Å². The molecule has 0 spiro atoms. The van der Waals surface area contributed by atoms with E-state index in [4.69, 9.17) is 28.7 Å². The standard InChI is InChI=1S/C21H18N3O13P/c1-13-4-7-20(24(29)30)21(10-13)34-37-38(31,35-32-16-5-8-18(22(25)26)14(2)11-16)36-33-17-6-9-19(23(27)28)15(3)12-17/h4-12H,1-3H3. The quantitative estimate of drug-likeness (QED) is 0.114. The van der Waals surface area contributed by atoms with Gasteiger partial charge in [0.05, 0.1) is 14.8 Å². The Bertz CT molecular complexity index is 1370. The molecule has 17 heteroatoms. The molecule has 0 radical (unpaired) electrons. The van der Waals surface area contributed by atoms with E-state index in [0.717, 1.165) is 30.3 Å². The number of rotatable bonds is 12. The van der Waals surface area contributed by atoms with Crippen LogP contribution in [0.25, 0.3) is 0 Å². The predicted octanol–water partition coefficient (Wildman–Crippen LogP) is 5.78. The fourth-order valence-electron chi connectivity index (χ4n) is 2.91. The Morgan fingerprint density at radius 1 is 0.605 bits per heavy atom. The van der Waals surface area contributed by atoms with Crippen molar-refractivity contribution in [1.82, 2.24) is 0 Å². The molecule has 0 saturated heterocycles. The van der Waals surface area contributed by atoms with E-state index < -0.39 is 34.0 Å². The summed E-state index contributed by atoms with van der Waals surface area (Å²) in [5.74, 6) is -0.777. The van der Waals surface area contributed by atoms with Gasteiger partial charge in [-0.2, -0.15) is 0 Å². The maximum atomic E-state index is 13.2. The summed E-state index contributed by atoms with van der Waals surface area (Å²) in [5, 5.41) is 33.3. The van der Waals surface area contributed by atoms with E-state index in [1.165, 1.54) is 38.1 Å². The Kier molecular flexibility index (Phi) is 8.54. The normalized spacial score (nSPS) is 11.0. The SMILES string of the molecule is Cc1ccc([N+](=O)[O-])c(OOP(=O)(OOc2ccc([N+](=O)[O-])c(C)c2)OOc2ccc([N+](=O)[O-])c(C)c2)c1. The van der Waals surface area contributed by atoms with Gasteiger partial charge in [-0.1, -0.05) is 20.1 Å². The Balaban J connectivity index is 1.83. The predicted molar refractivity (Wildman–Crippen MR) is 126 cm³/mol. The number of hydrogen-bond donors (Lipinski definition) is 0. The second kappa shape index (κ2) is 11.6. The largest absolute Gasteiger partial charge is 0.583 e. The van der Waals surface area contributed by atoms with E-state index in [0.29, 0.717) is 5.56 Å². The minimum absolute atomic E-state index is 0.159. The fraction of sp³-hybridized carbons (Fsp3) is 0.143. The zero-order valence-corrected chi connectivity index (χ0v) is 20.7. The summed E-state index contributed by atoms with van der Waals surface area (Å²) in [6, 6.07) is 10.6. The first-order valence-corrected chi connectivity index (χ1v) is 11.8. The van der Waals surface area contributed by atoms with Gasteiger partial charge in [0.1, 0.15) is 0 Å². The number of nitro benzene ring substituents is 3. The van der Waals surface area contributed by atoms with Crippen LogP contribution in [0.1, 0.15) is 16.7 Å².